The highest BCUT2D eigenvalue weighted by atomic mass is 32.2. The molecule has 2 heterocycles. The van der Waals surface area contributed by atoms with Crippen molar-refractivity contribution in [2.24, 2.45) is 11.3 Å². The standard InChI is InChI=1S/C15H27N3O3S.C2HF3O2/c1-12-11-16-5-8-18(12)14(19)13-9-15(10-13)3-6-17(7-4-15)22(2,20)21;3-2(4,5)1(6)7/h12-13,16H,3-11H2,1-2H3;(H,6,7)/t12-;/m1./s1. The van der Waals surface area contributed by atoms with Crippen molar-refractivity contribution in [2.45, 2.75) is 44.8 Å². The first kappa shape index (κ1) is 23.9. The quantitative estimate of drug-likeness (QED) is 0.657. The molecule has 0 radical (unpaired) electrons. The fourth-order valence-corrected chi connectivity index (χ4v) is 5.11. The smallest absolute Gasteiger partial charge is 0.475 e. The van der Waals surface area contributed by atoms with Crippen LogP contribution in [-0.4, -0.2) is 85.8 Å². The molecule has 168 valence electrons. The number of halogens is 3. The second-order valence-electron chi connectivity index (χ2n) is 8.15. The number of hydrogen-bond acceptors (Lipinski definition) is 5. The summed E-state index contributed by atoms with van der Waals surface area (Å²) in [6.45, 7) is 5.91. The number of piperidine rings is 1. The number of amides is 1. The van der Waals surface area contributed by atoms with Gasteiger partial charge in [0.15, 0.2) is 0 Å². The van der Waals surface area contributed by atoms with Gasteiger partial charge in [-0.25, -0.2) is 17.5 Å². The normalized spacial score (nSPS) is 25.7. The molecule has 2 saturated heterocycles. The van der Waals surface area contributed by atoms with Gasteiger partial charge in [0, 0.05) is 44.7 Å². The van der Waals surface area contributed by atoms with E-state index in [2.05, 4.69) is 12.2 Å². The van der Waals surface area contributed by atoms with Gasteiger partial charge < -0.3 is 15.3 Å². The third-order valence-electron chi connectivity index (χ3n) is 5.99. The predicted molar refractivity (Wildman–Crippen MR) is 98.5 cm³/mol. The summed E-state index contributed by atoms with van der Waals surface area (Å²) in [5.74, 6) is -2.29. The lowest BCUT2D eigenvalue weighted by Gasteiger charge is -2.52. The zero-order chi connectivity index (χ0) is 22.0. The lowest BCUT2D eigenvalue weighted by atomic mass is 9.57. The van der Waals surface area contributed by atoms with Gasteiger partial charge in [0.25, 0.3) is 0 Å². The zero-order valence-corrected chi connectivity index (χ0v) is 17.4. The second-order valence-corrected chi connectivity index (χ2v) is 10.1. The number of alkyl halides is 3. The molecule has 12 heteroatoms. The van der Waals surface area contributed by atoms with Crippen molar-refractivity contribution in [3.8, 4) is 0 Å². The van der Waals surface area contributed by atoms with Gasteiger partial charge in [-0.1, -0.05) is 0 Å². The molecule has 0 bridgehead atoms. The first-order valence-electron chi connectivity index (χ1n) is 9.52. The van der Waals surface area contributed by atoms with Crippen LogP contribution in [0.5, 0.6) is 0 Å². The molecule has 3 rings (SSSR count). The highest BCUT2D eigenvalue weighted by Gasteiger charge is 2.50. The average molecular weight is 443 g/mol. The van der Waals surface area contributed by atoms with Gasteiger partial charge in [-0.3, -0.25) is 4.79 Å². The Bertz CT molecular complexity index is 712. The van der Waals surface area contributed by atoms with E-state index in [1.54, 1.807) is 4.31 Å². The van der Waals surface area contributed by atoms with Gasteiger partial charge in [-0.2, -0.15) is 13.2 Å². The van der Waals surface area contributed by atoms with E-state index in [-0.39, 0.29) is 17.4 Å². The monoisotopic (exact) mass is 443 g/mol. The maximum atomic E-state index is 12.6. The van der Waals surface area contributed by atoms with Crippen LogP contribution in [0.4, 0.5) is 13.2 Å². The number of carboxylic acid groups (broad SMARTS) is 1. The molecule has 2 N–H and O–H groups in total. The summed E-state index contributed by atoms with van der Waals surface area (Å²) >= 11 is 0. The van der Waals surface area contributed by atoms with Crippen LogP contribution in [0.15, 0.2) is 0 Å². The van der Waals surface area contributed by atoms with Gasteiger partial charge in [0.05, 0.1) is 6.26 Å². The molecule has 29 heavy (non-hydrogen) atoms. The van der Waals surface area contributed by atoms with E-state index in [0.29, 0.717) is 19.0 Å². The van der Waals surface area contributed by atoms with E-state index in [1.807, 2.05) is 4.90 Å². The zero-order valence-electron chi connectivity index (χ0n) is 16.5. The summed E-state index contributed by atoms with van der Waals surface area (Å²) in [7, 11) is -3.06. The minimum absolute atomic E-state index is 0.158. The van der Waals surface area contributed by atoms with Crippen LogP contribution in [0, 0.1) is 11.3 Å². The number of nitrogens with one attached hydrogen (secondary N) is 1. The number of rotatable bonds is 2. The minimum atomic E-state index is -5.08. The van der Waals surface area contributed by atoms with Gasteiger partial charge in [0.2, 0.25) is 15.9 Å². The topological polar surface area (TPSA) is 107 Å². The molecule has 3 aliphatic rings. The van der Waals surface area contributed by atoms with E-state index in [9.17, 15) is 26.4 Å². The molecule has 0 aromatic carbocycles. The Morgan fingerprint density at radius 3 is 2.07 bits per heavy atom. The molecule has 2 aliphatic heterocycles. The molecule has 0 aromatic rings. The molecule has 1 amide bonds. The summed E-state index contributed by atoms with van der Waals surface area (Å²) < 4.78 is 56.5. The van der Waals surface area contributed by atoms with Crippen molar-refractivity contribution < 1.29 is 36.3 Å². The van der Waals surface area contributed by atoms with Crippen LogP contribution < -0.4 is 5.32 Å². The summed E-state index contributed by atoms with van der Waals surface area (Å²) in [6.07, 6.45) is -0.105. The van der Waals surface area contributed by atoms with Crippen LogP contribution in [-0.2, 0) is 19.6 Å². The van der Waals surface area contributed by atoms with E-state index in [4.69, 9.17) is 9.90 Å². The Balaban J connectivity index is 0.000000370. The first-order chi connectivity index (χ1) is 13.3. The van der Waals surface area contributed by atoms with E-state index >= 15 is 0 Å². The van der Waals surface area contributed by atoms with E-state index in [0.717, 1.165) is 45.3 Å². The number of piperazine rings is 1. The van der Waals surface area contributed by atoms with Gasteiger partial charge >= 0.3 is 12.1 Å². The minimum Gasteiger partial charge on any atom is -0.475 e. The van der Waals surface area contributed by atoms with Crippen LogP contribution in [0.1, 0.15) is 32.6 Å². The SMILES string of the molecule is C[C@@H]1CNCCN1C(=O)C1CC2(CCN(S(C)(=O)=O)CC2)C1.O=C(O)C(F)(F)F. The number of carbonyl (C=O) groups is 2. The Hall–Kier alpha value is -1.40. The second kappa shape index (κ2) is 8.76. The third kappa shape index (κ3) is 6.05. The highest BCUT2D eigenvalue weighted by molar-refractivity contribution is 7.88. The molecule has 3 fully saturated rings. The summed E-state index contributed by atoms with van der Waals surface area (Å²) in [5, 5.41) is 10.4. The van der Waals surface area contributed by atoms with Crippen LogP contribution in [0.2, 0.25) is 0 Å². The lowest BCUT2D eigenvalue weighted by molar-refractivity contribution is -0.192. The van der Waals surface area contributed by atoms with E-state index in [1.165, 1.54) is 6.26 Å². The summed E-state index contributed by atoms with van der Waals surface area (Å²) in [5.41, 5.74) is 0.221. The molecule has 1 aliphatic carbocycles. The number of aliphatic carboxylic acids is 1. The highest BCUT2D eigenvalue weighted by Crippen LogP contribution is 2.53. The largest absolute Gasteiger partial charge is 0.490 e. The Kier molecular flexibility index (Phi) is 7.21. The fraction of sp³-hybridized carbons (Fsp3) is 0.882. The third-order valence-corrected chi connectivity index (χ3v) is 7.29. The number of hydrogen-bond donors (Lipinski definition) is 2. The molecular formula is C17H28F3N3O5S. The van der Waals surface area contributed by atoms with Crippen molar-refractivity contribution in [2.75, 3.05) is 39.0 Å². The first-order valence-corrected chi connectivity index (χ1v) is 11.4. The predicted octanol–water partition coefficient (Wildman–Crippen LogP) is 0.892. The van der Waals surface area contributed by atoms with Gasteiger partial charge in [-0.05, 0) is 38.0 Å². The van der Waals surface area contributed by atoms with E-state index < -0.39 is 22.2 Å². The number of nitrogens with zero attached hydrogens (tertiary/aromatic N) is 2. The van der Waals surface area contributed by atoms with Gasteiger partial charge in [-0.15, -0.1) is 0 Å². The van der Waals surface area contributed by atoms with Crippen LogP contribution in [0.3, 0.4) is 0 Å². The van der Waals surface area contributed by atoms with Crippen molar-refractivity contribution in [3.63, 3.8) is 0 Å². The molecule has 8 nitrogen and oxygen atoms in total. The molecular weight excluding hydrogens is 415 g/mol. The Morgan fingerprint density at radius 2 is 1.66 bits per heavy atom. The molecule has 0 aromatic heterocycles. The van der Waals surface area contributed by atoms with Crippen molar-refractivity contribution in [1.82, 2.24) is 14.5 Å². The fourth-order valence-electron chi connectivity index (χ4n) is 4.26. The summed E-state index contributed by atoms with van der Waals surface area (Å²) in [4.78, 5) is 23.6. The van der Waals surface area contributed by atoms with Crippen LogP contribution >= 0.6 is 0 Å². The molecule has 0 unspecified atom stereocenters. The molecule has 1 spiro atoms. The maximum absolute atomic E-state index is 12.6. The van der Waals surface area contributed by atoms with Crippen molar-refractivity contribution in [3.05, 3.63) is 0 Å². The Morgan fingerprint density at radius 1 is 1.14 bits per heavy atom. The number of carbonyl (C=O) groups excluding carboxylic acids is 1. The van der Waals surface area contributed by atoms with Crippen molar-refractivity contribution >= 4 is 21.9 Å². The lowest BCUT2D eigenvalue weighted by Crippen LogP contribution is -2.57. The maximum Gasteiger partial charge on any atom is 0.490 e. The molecule has 1 saturated carbocycles. The summed E-state index contributed by atoms with van der Waals surface area (Å²) in [6, 6.07) is 0.282. The van der Waals surface area contributed by atoms with Crippen molar-refractivity contribution in [1.29, 1.82) is 0 Å². The van der Waals surface area contributed by atoms with Crippen LogP contribution in [0.25, 0.3) is 0 Å². The van der Waals surface area contributed by atoms with Gasteiger partial charge in [0.1, 0.15) is 0 Å². The molecule has 1 atom stereocenters. The number of sulfonamides is 1. The number of carboxylic acids is 1. The average Bonchev–Trinajstić information content (AvgIpc) is 2.58. The Labute approximate surface area is 168 Å².